The molecular formula is C52H30N4O2. The number of aromatic nitrogens is 4. The van der Waals surface area contributed by atoms with Crippen LogP contribution < -0.4 is 0 Å². The summed E-state index contributed by atoms with van der Waals surface area (Å²) in [4.78, 5) is 20.5. The highest BCUT2D eigenvalue weighted by atomic mass is 16.3. The average Bonchev–Trinajstić information content (AvgIpc) is 3.91. The molecule has 58 heavy (non-hydrogen) atoms. The van der Waals surface area contributed by atoms with Gasteiger partial charge in [0.25, 0.3) is 0 Å². The van der Waals surface area contributed by atoms with E-state index >= 15 is 0 Å². The highest BCUT2D eigenvalue weighted by Gasteiger charge is 2.20. The molecule has 0 aliphatic rings. The lowest BCUT2D eigenvalue weighted by molar-refractivity contribution is 0.623. The third-order valence-corrected chi connectivity index (χ3v) is 11.1. The third-order valence-electron chi connectivity index (χ3n) is 11.1. The fraction of sp³-hybridized carbons (Fsp3) is 0. The minimum Gasteiger partial charge on any atom is -0.456 e. The lowest BCUT2D eigenvalue weighted by Gasteiger charge is -2.12. The topological polar surface area (TPSA) is 77.8 Å². The van der Waals surface area contributed by atoms with E-state index < -0.39 is 0 Å². The maximum Gasteiger partial charge on any atom is 0.227 e. The van der Waals surface area contributed by atoms with Crippen molar-refractivity contribution in [3.8, 4) is 56.7 Å². The molecule has 9 aromatic carbocycles. The Labute approximate surface area is 331 Å². The number of hydrogen-bond donors (Lipinski definition) is 0. The van der Waals surface area contributed by atoms with E-state index in [0.717, 1.165) is 98.7 Å². The number of fused-ring (bicyclic) bond motifs is 10. The summed E-state index contributed by atoms with van der Waals surface area (Å²) in [5.74, 6) is 2.36. The maximum atomic E-state index is 6.57. The van der Waals surface area contributed by atoms with Gasteiger partial charge < -0.3 is 8.83 Å². The number of furan rings is 1. The van der Waals surface area contributed by atoms with Crippen molar-refractivity contribution in [1.82, 2.24) is 19.9 Å². The monoisotopic (exact) mass is 742 g/mol. The number of benzene rings is 9. The van der Waals surface area contributed by atoms with Crippen LogP contribution >= 0.6 is 0 Å². The lowest BCUT2D eigenvalue weighted by Crippen LogP contribution is -2.00. The van der Waals surface area contributed by atoms with Crippen molar-refractivity contribution in [3.63, 3.8) is 0 Å². The Bertz CT molecular complexity index is 3570. The molecule has 12 rings (SSSR count). The van der Waals surface area contributed by atoms with E-state index in [1.807, 2.05) is 72.8 Å². The van der Waals surface area contributed by atoms with Crippen molar-refractivity contribution >= 4 is 65.4 Å². The molecule has 6 nitrogen and oxygen atoms in total. The molecule has 270 valence electrons. The number of nitrogens with zero attached hydrogens (tertiary/aromatic N) is 4. The Balaban J connectivity index is 1.07. The van der Waals surface area contributed by atoms with Crippen molar-refractivity contribution in [1.29, 1.82) is 0 Å². The van der Waals surface area contributed by atoms with Crippen LogP contribution in [-0.2, 0) is 0 Å². The molecule has 0 radical (unpaired) electrons. The van der Waals surface area contributed by atoms with E-state index in [-0.39, 0.29) is 0 Å². The van der Waals surface area contributed by atoms with Gasteiger partial charge in [-0.2, -0.15) is 0 Å². The normalized spacial score (nSPS) is 11.8. The predicted molar refractivity (Wildman–Crippen MR) is 234 cm³/mol. The van der Waals surface area contributed by atoms with Gasteiger partial charge in [0.2, 0.25) is 5.89 Å². The first-order valence-electron chi connectivity index (χ1n) is 19.3. The highest BCUT2D eigenvalue weighted by molar-refractivity contribution is 6.26. The van der Waals surface area contributed by atoms with Gasteiger partial charge in [-0.1, -0.05) is 140 Å². The van der Waals surface area contributed by atoms with Crippen LogP contribution in [0.2, 0.25) is 0 Å². The van der Waals surface area contributed by atoms with E-state index in [1.165, 1.54) is 0 Å². The van der Waals surface area contributed by atoms with Gasteiger partial charge in [-0.3, -0.25) is 0 Å². The predicted octanol–water partition coefficient (Wildman–Crippen LogP) is 13.7. The minimum atomic E-state index is 0.578. The third kappa shape index (κ3) is 5.20. The molecule has 0 aliphatic heterocycles. The van der Waals surface area contributed by atoms with Gasteiger partial charge in [0.05, 0.1) is 0 Å². The zero-order valence-corrected chi connectivity index (χ0v) is 30.9. The Hall–Kier alpha value is -7.96. The molecule has 3 heterocycles. The van der Waals surface area contributed by atoms with Gasteiger partial charge in [-0.25, -0.2) is 19.9 Å². The summed E-state index contributed by atoms with van der Waals surface area (Å²) in [6.07, 6.45) is 0. The zero-order valence-electron chi connectivity index (χ0n) is 30.9. The summed E-state index contributed by atoms with van der Waals surface area (Å²) < 4.78 is 12.9. The Morgan fingerprint density at radius 1 is 0.328 bits per heavy atom. The van der Waals surface area contributed by atoms with Crippen LogP contribution in [-0.4, -0.2) is 19.9 Å². The van der Waals surface area contributed by atoms with Crippen LogP contribution in [0.4, 0.5) is 0 Å². The molecule has 0 atom stereocenters. The zero-order chi connectivity index (χ0) is 38.2. The standard InChI is InChI=1S/C52H30N4O2/c1-3-11-31(12-4-1)35-15-9-16-37(29-35)49-54-50(56-51(55-49)41-18-10-20-44-47(41)40-17-7-8-19-43(40)57-44)38-25-27-39-36(30-38)24-23-32-21-22-33-26-28-42-48(46(33)45(32)39)58-52(53-42)34-13-5-2-6-14-34/h1-30H. The molecule has 0 saturated carbocycles. The van der Waals surface area contributed by atoms with Gasteiger partial charge in [-0.05, 0) is 75.1 Å². The number of para-hydroxylation sites is 1. The maximum absolute atomic E-state index is 6.57. The average molecular weight is 743 g/mol. The Kier molecular flexibility index (Phi) is 7.13. The molecule has 0 spiro atoms. The molecule has 6 heteroatoms. The second-order valence-corrected chi connectivity index (χ2v) is 14.6. The molecule has 0 amide bonds. The smallest absolute Gasteiger partial charge is 0.227 e. The van der Waals surface area contributed by atoms with Crippen molar-refractivity contribution in [2.24, 2.45) is 0 Å². The van der Waals surface area contributed by atoms with Crippen LogP contribution in [0.15, 0.2) is 191 Å². The molecule has 0 unspecified atom stereocenters. The van der Waals surface area contributed by atoms with E-state index in [2.05, 4.69) is 109 Å². The fourth-order valence-electron chi connectivity index (χ4n) is 8.38. The summed E-state index contributed by atoms with van der Waals surface area (Å²) in [5, 5.41) is 8.56. The van der Waals surface area contributed by atoms with Crippen LogP contribution in [0.1, 0.15) is 0 Å². The Morgan fingerprint density at radius 2 is 0.948 bits per heavy atom. The molecule has 0 fully saturated rings. The van der Waals surface area contributed by atoms with Crippen LogP contribution in [0.25, 0.3) is 122 Å². The first-order valence-corrected chi connectivity index (χ1v) is 19.3. The van der Waals surface area contributed by atoms with E-state index in [1.54, 1.807) is 0 Å². The number of oxazole rings is 1. The summed E-state index contributed by atoms with van der Waals surface area (Å²) in [5.41, 5.74) is 9.05. The van der Waals surface area contributed by atoms with Gasteiger partial charge >= 0.3 is 0 Å². The van der Waals surface area contributed by atoms with Gasteiger partial charge in [0.1, 0.15) is 16.7 Å². The molecule has 0 N–H and O–H groups in total. The van der Waals surface area contributed by atoms with E-state index in [4.69, 9.17) is 28.8 Å². The fourth-order valence-corrected chi connectivity index (χ4v) is 8.38. The quantitative estimate of drug-likeness (QED) is 0.163. The van der Waals surface area contributed by atoms with Crippen molar-refractivity contribution in [2.75, 3.05) is 0 Å². The first kappa shape index (κ1) is 32.3. The number of rotatable bonds is 5. The Morgan fingerprint density at radius 3 is 1.78 bits per heavy atom. The van der Waals surface area contributed by atoms with Crippen molar-refractivity contribution < 1.29 is 8.83 Å². The van der Waals surface area contributed by atoms with Gasteiger partial charge in [0.15, 0.2) is 23.1 Å². The van der Waals surface area contributed by atoms with Crippen LogP contribution in [0.3, 0.4) is 0 Å². The summed E-state index contributed by atoms with van der Waals surface area (Å²) >= 11 is 0. The summed E-state index contributed by atoms with van der Waals surface area (Å²) in [6, 6.07) is 62.3. The molecule has 0 bridgehead atoms. The summed E-state index contributed by atoms with van der Waals surface area (Å²) in [7, 11) is 0. The van der Waals surface area contributed by atoms with Gasteiger partial charge in [0, 0.05) is 43.8 Å². The first-order chi connectivity index (χ1) is 28.7. The van der Waals surface area contributed by atoms with Crippen LogP contribution in [0.5, 0.6) is 0 Å². The summed E-state index contributed by atoms with van der Waals surface area (Å²) in [6.45, 7) is 0. The second kappa shape index (κ2) is 12.8. The van der Waals surface area contributed by atoms with Crippen molar-refractivity contribution in [2.45, 2.75) is 0 Å². The van der Waals surface area contributed by atoms with E-state index in [9.17, 15) is 0 Å². The van der Waals surface area contributed by atoms with Crippen LogP contribution in [0, 0.1) is 0 Å². The molecular weight excluding hydrogens is 713 g/mol. The van der Waals surface area contributed by atoms with E-state index in [0.29, 0.717) is 23.4 Å². The van der Waals surface area contributed by atoms with Gasteiger partial charge in [-0.15, -0.1) is 0 Å². The SMILES string of the molecule is c1ccc(-c2cccc(-c3nc(-c4ccc5c(ccc6ccc7ccc8nc(-c9ccccc9)oc8c7c65)c4)nc(-c4cccc5oc6ccccc6c45)n3)c2)cc1. The second-order valence-electron chi connectivity index (χ2n) is 14.6. The molecule has 0 saturated heterocycles. The molecule has 0 aliphatic carbocycles. The largest absolute Gasteiger partial charge is 0.456 e. The molecule has 12 aromatic rings. The highest BCUT2D eigenvalue weighted by Crippen LogP contribution is 2.40. The lowest BCUT2D eigenvalue weighted by atomic mass is 9.95. The number of hydrogen-bond acceptors (Lipinski definition) is 6. The van der Waals surface area contributed by atoms with Crippen molar-refractivity contribution in [3.05, 3.63) is 182 Å². The molecule has 3 aromatic heterocycles. The minimum absolute atomic E-state index is 0.578.